The van der Waals surface area contributed by atoms with Crippen molar-refractivity contribution in [3.63, 3.8) is 0 Å². The molecule has 166 valence electrons. The Bertz CT molecular complexity index is 1080. The van der Waals surface area contributed by atoms with E-state index in [0.717, 1.165) is 23.2 Å². The first-order valence-corrected chi connectivity index (χ1v) is 11.8. The third kappa shape index (κ3) is 5.26. The topological polar surface area (TPSA) is 84.9 Å². The number of ether oxygens (including phenoxy) is 2. The molecule has 2 aromatic carbocycles. The van der Waals surface area contributed by atoms with Crippen molar-refractivity contribution < 1.29 is 22.7 Å². The zero-order valence-electron chi connectivity index (χ0n) is 18.1. The van der Waals surface area contributed by atoms with Crippen molar-refractivity contribution in [3.8, 4) is 11.5 Å². The minimum absolute atomic E-state index is 0.160. The maximum absolute atomic E-state index is 12.8. The van der Waals surface area contributed by atoms with Crippen molar-refractivity contribution in [1.29, 1.82) is 0 Å². The Balaban J connectivity index is 1.76. The molecule has 0 saturated heterocycles. The number of rotatable bonds is 9. The maximum Gasteiger partial charge on any atom is 0.251 e. The highest BCUT2D eigenvalue weighted by Crippen LogP contribution is 2.31. The second kappa shape index (κ2) is 9.98. The van der Waals surface area contributed by atoms with Crippen LogP contribution in [-0.2, 0) is 21.2 Å². The Morgan fingerprint density at radius 3 is 2.65 bits per heavy atom. The van der Waals surface area contributed by atoms with Crippen LogP contribution in [0.1, 0.15) is 31.4 Å². The van der Waals surface area contributed by atoms with Crippen LogP contribution in [0.4, 0.5) is 5.69 Å². The SMILES string of the molecule is CCCOc1ccc(/C=C/C(=O)N2CCc3cc(S(=O)(=O)NC)ccc32)cc1OCC. The molecule has 0 unspecified atom stereocenters. The minimum Gasteiger partial charge on any atom is -0.490 e. The van der Waals surface area contributed by atoms with Gasteiger partial charge in [0.05, 0.1) is 18.1 Å². The van der Waals surface area contributed by atoms with Crippen LogP contribution < -0.4 is 19.1 Å². The van der Waals surface area contributed by atoms with Gasteiger partial charge in [0.25, 0.3) is 5.91 Å². The molecular formula is C23H28N2O5S. The first kappa shape index (κ1) is 22.8. The lowest BCUT2D eigenvalue weighted by Gasteiger charge is -2.15. The fourth-order valence-corrected chi connectivity index (χ4v) is 4.16. The molecule has 1 N–H and O–H groups in total. The highest BCUT2D eigenvalue weighted by Gasteiger charge is 2.25. The van der Waals surface area contributed by atoms with E-state index in [1.165, 1.54) is 19.2 Å². The summed E-state index contributed by atoms with van der Waals surface area (Å²) in [6.45, 7) is 5.59. The van der Waals surface area contributed by atoms with E-state index in [0.29, 0.717) is 37.7 Å². The molecule has 31 heavy (non-hydrogen) atoms. The Morgan fingerprint density at radius 2 is 1.94 bits per heavy atom. The zero-order chi connectivity index (χ0) is 22.4. The average molecular weight is 445 g/mol. The van der Waals surface area contributed by atoms with Gasteiger partial charge in [0.15, 0.2) is 11.5 Å². The van der Waals surface area contributed by atoms with Gasteiger partial charge in [-0.15, -0.1) is 0 Å². The van der Waals surface area contributed by atoms with Crippen LogP contribution in [0.5, 0.6) is 11.5 Å². The largest absolute Gasteiger partial charge is 0.490 e. The van der Waals surface area contributed by atoms with Crippen LogP contribution in [0, 0.1) is 0 Å². The molecule has 0 aromatic heterocycles. The van der Waals surface area contributed by atoms with Gasteiger partial charge in [-0.25, -0.2) is 13.1 Å². The number of anilines is 1. The molecule has 0 aliphatic carbocycles. The number of amides is 1. The molecule has 0 spiro atoms. The summed E-state index contributed by atoms with van der Waals surface area (Å²) in [5.41, 5.74) is 2.41. The third-order valence-electron chi connectivity index (χ3n) is 4.94. The number of fused-ring (bicyclic) bond motifs is 1. The number of nitrogens with one attached hydrogen (secondary N) is 1. The van der Waals surface area contributed by atoms with E-state index < -0.39 is 10.0 Å². The van der Waals surface area contributed by atoms with Crippen LogP contribution in [0.2, 0.25) is 0 Å². The number of hydrogen-bond acceptors (Lipinski definition) is 5. The van der Waals surface area contributed by atoms with Gasteiger partial charge in [0, 0.05) is 18.3 Å². The average Bonchev–Trinajstić information content (AvgIpc) is 3.20. The summed E-state index contributed by atoms with van der Waals surface area (Å²) in [7, 11) is -2.13. The fourth-order valence-electron chi connectivity index (χ4n) is 3.38. The van der Waals surface area contributed by atoms with Crippen LogP contribution in [0.15, 0.2) is 47.4 Å². The molecule has 1 heterocycles. The fraction of sp³-hybridized carbons (Fsp3) is 0.348. The van der Waals surface area contributed by atoms with Crippen molar-refractivity contribution in [2.24, 2.45) is 0 Å². The summed E-state index contributed by atoms with van der Waals surface area (Å²) in [6.07, 6.45) is 4.78. The Hall–Kier alpha value is -2.84. The molecule has 1 aliphatic rings. The summed E-state index contributed by atoms with van der Waals surface area (Å²) in [5.74, 6) is 1.18. The van der Waals surface area contributed by atoms with Crippen LogP contribution in [0.25, 0.3) is 6.08 Å². The van der Waals surface area contributed by atoms with Gasteiger partial charge >= 0.3 is 0 Å². The van der Waals surface area contributed by atoms with Gasteiger partial charge in [-0.2, -0.15) is 0 Å². The Labute approximate surface area is 183 Å². The van der Waals surface area contributed by atoms with E-state index in [2.05, 4.69) is 4.72 Å². The molecule has 1 aliphatic heterocycles. The highest BCUT2D eigenvalue weighted by molar-refractivity contribution is 7.89. The summed E-state index contributed by atoms with van der Waals surface area (Å²) >= 11 is 0. The molecule has 0 saturated carbocycles. The second-order valence-corrected chi connectivity index (χ2v) is 8.95. The van der Waals surface area contributed by atoms with E-state index >= 15 is 0 Å². The number of carbonyl (C=O) groups is 1. The van der Waals surface area contributed by atoms with Crippen molar-refractivity contribution in [2.75, 3.05) is 31.7 Å². The molecule has 0 atom stereocenters. The molecule has 0 bridgehead atoms. The Morgan fingerprint density at radius 1 is 1.13 bits per heavy atom. The molecule has 3 rings (SSSR count). The molecular weight excluding hydrogens is 416 g/mol. The van der Waals surface area contributed by atoms with Gasteiger partial charge in [0.1, 0.15) is 0 Å². The number of benzene rings is 2. The predicted molar refractivity (Wildman–Crippen MR) is 121 cm³/mol. The van der Waals surface area contributed by atoms with Crippen LogP contribution in [0.3, 0.4) is 0 Å². The van der Waals surface area contributed by atoms with Crippen LogP contribution >= 0.6 is 0 Å². The molecule has 2 aromatic rings. The third-order valence-corrected chi connectivity index (χ3v) is 6.35. The zero-order valence-corrected chi connectivity index (χ0v) is 18.9. The van der Waals surface area contributed by atoms with E-state index in [9.17, 15) is 13.2 Å². The number of hydrogen-bond donors (Lipinski definition) is 1. The van der Waals surface area contributed by atoms with E-state index in [1.807, 2.05) is 32.0 Å². The smallest absolute Gasteiger partial charge is 0.251 e. The monoisotopic (exact) mass is 444 g/mol. The molecule has 0 fully saturated rings. The standard InChI is InChI=1S/C23H28N2O5S/c1-4-14-30-21-10-6-17(15-22(21)29-5-2)7-11-23(26)25-13-12-18-16-19(8-9-20(18)25)31(27,28)24-3/h6-11,15-16,24H,4-5,12-14H2,1-3H3/b11-7+. The van der Waals surface area contributed by atoms with Crippen molar-refractivity contribution >= 4 is 27.7 Å². The predicted octanol–water partition coefficient (Wildman–Crippen LogP) is 3.38. The summed E-state index contributed by atoms with van der Waals surface area (Å²) < 4.78 is 37.7. The first-order valence-electron chi connectivity index (χ1n) is 10.3. The lowest BCUT2D eigenvalue weighted by Crippen LogP contribution is -2.26. The quantitative estimate of drug-likeness (QED) is 0.600. The van der Waals surface area contributed by atoms with Gasteiger partial charge in [-0.05, 0) is 74.3 Å². The van der Waals surface area contributed by atoms with Crippen LogP contribution in [-0.4, -0.2) is 41.1 Å². The summed E-state index contributed by atoms with van der Waals surface area (Å²) in [4.78, 5) is 14.6. The molecule has 8 heteroatoms. The normalized spacial score (nSPS) is 13.5. The lowest BCUT2D eigenvalue weighted by molar-refractivity contribution is -0.114. The summed E-state index contributed by atoms with van der Waals surface area (Å²) in [5, 5.41) is 0. The van der Waals surface area contributed by atoms with Gasteiger partial charge in [0.2, 0.25) is 10.0 Å². The second-order valence-electron chi connectivity index (χ2n) is 7.06. The van der Waals surface area contributed by atoms with Gasteiger partial charge in [-0.1, -0.05) is 13.0 Å². The lowest BCUT2D eigenvalue weighted by atomic mass is 10.1. The number of nitrogens with zero attached hydrogens (tertiary/aromatic N) is 1. The van der Waals surface area contributed by atoms with E-state index in [4.69, 9.17) is 9.47 Å². The van der Waals surface area contributed by atoms with Gasteiger partial charge < -0.3 is 14.4 Å². The number of carbonyl (C=O) groups excluding carboxylic acids is 1. The van der Waals surface area contributed by atoms with Crippen molar-refractivity contribution in [3.05, 3.63) is 53.6 Å². The van der Waals surface area contributed by atoms with E-state index in [1.54, 1.807) is 23.1 Å². The van der Waals surface area contributed by atoms with Crippen molar-refractivity contribution in [2.45, 2.75) is 31.6 Å². The highest BCUT2D eigenvalue weighted by atomic mass is 32.2. The first-order chi connectivity index (χ1) is 14.9. The van der Waals surface area contributed by atoms with Gasteiger partial charge in [-0.3, -0.25) is 4.79 Å². The van der Waals surface area contributed by atoms with E-state index in [-0.39, 0.29) is 10.8 Å². The summed E-state index contributed by atoms with van der Waals surface area (Å²) in [6, 6.07) is 10.4. The minimum atomic E-state index is -3.51. The molecule has 0 radical (unpaired) electrons. The maximum atomic E-state index is 12.8. The Kier molecular flexibility index (Phi) is 7.35. The molecule has 7 nitrogen and oxygen atoms in total. The van der Waals surface area contributed by atoms with Crippen molar-refractivity contribution in [1.82, 2.24) is 4.72 Å². The number of sulfonamides is 1. The molecule has 1 amide bonds.